The van der Waals surface area contributed by atoms with Gasteiger partial charge in [-0.2, -0.15) is 0 Å². The molecular weight excluding hydrogens is 486 g/mol. The Balaban J connectivity index is 1.57. The summed E-state index contributed by atoms with van der Waals surface area (Å²) in [6, 6.07) is 17.9. The quantitative estimate of drug-likeness (QED) is 0.461. The van der Waals surface area contributed by atoms with Crippen molar-refractivity contribution in [2.75, 3.05) is 20.1 Å². The molecule has 0 radical (unpaired) electrons. The van der Waals surface area contributed by atoms with Crippen LogP contribution in [0.3, 0.4) is 0 Å². The van der Waals surface area contributed by atoms with Gasteiger partial charge in [0, 0.05) is 26.6 Å². The first-order valence-corrected chi connectivity index (χ1v) is 12.5. The number of hydrogen-bond acceptors (Lipinski definition) is 6. The highest BCUT2D eigenvalue weighted by Gasteiger charge is 2.34. The summed E-state index contributed by atoms with van der Waals surface area (Å²) in [7, 11) is 1.67. The van der Waals surface area contributed by atoms with Crippen molar-refractivity contribution < 1.29 is 23.9 Å². The van der Waals surface area contributed by atoms with Crippen molar-refractivity contribution >= 4 is 17.8 Å². The van der Waals surface area contributed by atoms with Gasteiger partial charge in [-0.3, -0.25) is 14.6 Å². The number of nitrogens with one attached hydrogen (secondary N) is 2. The van der Waals surface area contributed by atoms with Gasteiger partial charge in [-0.05, 0) is 42.3 Å². The molecule has 1 aliphatic rings. The molecule has 0 aliphatic carbocycles. The number of phenolic OH excluding ortho intramolecular Hbond substituents is 1. The minimum absolute atomic E-state index is 0.110. The molecule has 1 fully saturated rings. The van der Waals surface area contributed by atoms with Crippen LogP contribution in [0, 0.1) is 0 Å². The van der Waals surface area contributed by atoms with Crippen molar-refractivity contribution in [3.63, 3.8) is 0 Å². The SMILES string of the molecule is C[C@@H]1CN(Cc2ccco2)C(=O)[C@H](Cc2ccc(O)cc2)NC(=O)CN(C)N1C(=O)NCc1ccccc1. The molecule has 0 unspecified atom stereocenters. The molecule has 0 spiro atoms. The number of hydrogen-bond donors (Lipinski definition) is 3. The first kappa shape index (κ1) is 26.7. The van der Waals surface area contributed by atoms with E-state index >= 15 is 0 Å². The highest BCUT2D eigenvalue weighted by molar-refractivity contribution is 5.89. The van der Waals surface area contributed by atoms with Gasteiger partial charge in [0.2, 0.25) is 11.8 Å². The van der Waals surface area contributed by atoms with Crippen LogP contribution in [-0.2, 0) is 29.1 Å². The Bertz CT molecular complexity index is 1220. The summed E-state index contributed by atoms with van der Waals surface area (Å²) >= 11 is 0. The maximum absolute atomic E-state index is 13.8. The van der Waals surface area contributed by atoms with E-state index in [2.05, 4.69) is 10.6 Å². The standard InChI is InChI=1S/C28H33N5O5/c1-20-17-32(18-24-9-6-14-38-24)27(36)25(15-21-10-12-23(34)13-11-21)30-26(35)19-31(2)33(20)28(37)29-16-22-7-4-3-5-8-22/h3-14,20,25,34H,15-19H2,1-2H3,(H,29,37)(H,30,35)/t20-,25+/m1/s1. The van der Waals surface area contributed by atoms with E-state index in [1.54, 1.807) is 53.4 Å². The van der Waals surface area contributed by atoms with Crippen molar-refractivity contribution in [3.8, 4) is 5.75 Å². The molecule has 3 aromatic rings. The molecule has 38 heavy (non-hydrogen) atoms. The Morgan fingerprint density at radius 3 is 2.47 bits per heavy atom. The zero-order valence-electron chi connectivity index (χ0n) is 21.5. The normalized spacial score (nSPS) is 19.2. The summed E-state index contributed by atoms with van der Waals surface area (Å²) in [4.78, 5) is 41.8. The molecule has 0 bridgehead atoms. The Hall–Kier alpha value is -4.31. The zero-order valence-corrected chi connectivity index (χ0v) is 21.5. The number of aromatic hydroxyl groups is 1. The van der Waals surface area contributed by atoms with E-state index in [4.69, 9.17) is 4.42 Å². The summed E-state index contributed by atoms with van der Waals surface area (Å²) in [5, 5.41) is 18.4. The third-order valence-corrected chi connectivity index (χ3v) is 6.38. The van der Waals surface area contributed by atoms with E-state index in [1.165, 1.54) is 11.3 Å². The molecule has 0 saturated carbocycles. The molecule has 10 heteroatoms. The molecule has 2 aromatic carbocycles. The largest absolute Gasteiger partial charge is 0.508 e. The fourth-order valence-corrected chi connectivity index (χ4v) is 4.58. The summed E-state index contributed by atoms with van der Waals surface area (Å²) in [5.74, 6) is 0.0303. The number of urea groups is 1. The number of amides is 4. The number of benzene rings is 2. The van der Waals surface area contributed by atoms with Crippen LogP contribution in [0.2, 0.25) is 0 Å². The van der Waals surface area contributed by atoms with Gasteiger partial charge in [0.1, 0.15) is 17.6 Å². The monoisotopic (exact) mass is 519 g/mol. The first-order chi connectivity index (χ1) is 18.3. The maximum atomic E-state index is 13.8. The minimum atomic E-state index is -0.832. The average Bonchev–Trinajstić information content (AvgIpc) is 3.41. The van der Waals surface area contributed by atoms with Gasteiger partial charge in [-0.1, -0.05) is 42.5 Å². The van der Waals surface area contributed by atoms with Crippen LogP contribution in [0.5, 0.6) is 5.75 Å². The van der Waals surface area contributed by atoms with Crippen LogP contribution in [0.1, 0.15) is 23.8 Å². The van der Waals surface area contributed by atoms with Crippen LogP contribution in [0.25, 0.3) is 0 Å². The Morgan fingerprint density at radius 1 is 1.05 bits per heavy atom. The predicted molar refractivity (Wildman–Crippen MR) is 140 cm³/mol. The zero-order chi connectivity index (χ0) is 27.1. The lowest BCUT2D eigenvalue weighted by Crippen LogP contribution is -2.62. The number of hydrazine groups is 1. The van der Waals surface area contributed by atoms with Crippen LogP contribution in [-0.4, -0.2) is 70.1 Å². The van der Waals surface area contributed by atoms with Crippen LogP contribution >= 0.6 is 0 Å². The summed E-state index contributed by atoms with van der Waals surface area (Å²) in [6.45, 7) is 2.45. The third-order valence-electron chi connectivity index (χ3n) is 6.38. The average molecular weight is 520 g/mol. The van der Waals surface area contributed by atoms with E-state index in [1.807, 2.05) is 37.3 Å². The number of phenols is 1. The van der Waals surface area contributed by atoms with E-state index in [9.17, 15) is 19.5 Å². The first-order valence-electron chi connectivity index (χ1n) is 12.5. The number of rotatable bonds is 6. The molecule has 1 saturated heterocycles. The van der Waals surface area contributed by atoms with E-state index in [-0.39, 0.29) is 43.7 Å². The molecule has 3 N–H and O–H groups in total. The Kier molecular flexibility index (Phi) is 8.65. The van der Waals surface area contributed by atoms with Crippen LogP contribution in [0.15, 0.2) is 77.4 Å². The van der Waals surface area contributed by atoms with Gasteiger partial charge < -0.3 is 25.1 Å². The van der Waals surface area contributed by atoms with Gasteiger partial charge in [0.15, 0.2) is 0 Å². The molecule has 200 valence electrons. The van der Waals surface area contributed by atoms with Gasteiger partial charge in [-0.15, -0.1) is 0 Å². The maximum Gasteiger partial charge on any atom is 0.332 e. The fraction of sp³-hybridized carbons (Fsp3) is 0.321. The van der Waals surface area contributed by atoms with Crippen LogP contribution < -0.4 is 10.6 Å². The van der Waals surface area contributed by atoms with Crippen molar-refractivity contribution in [1.82, 2.24) is 25.6 Å². The second-order valence-electron chi connectivity index (χ2n) is 9.44. The number of likely N-dealkylation sites (N-methyl/N-ethyl adjacent to an activating group) is 1. The topological polar surface area (TPSA) is 118 Å². The van der Waals surface area contributed by atoms with E-state index in [0.717, 1.165) is 11.1 Å². The van der Waals surface area contributed by atoms with Crippen molar-refractivity contribution in [3.05, 3.63) is 89.9 Å². The highest BCUT2D eigenvalue weighted by Crippen LogP contribution is 2.17. The van der Waals surface area contributed by atoms with Gasteiger partial charge >= 0.3 is 6.03 Å². The second kappa shape index (κ2) is 12.3. The molecule has 4 rings (SSSR count). The predicted octanol–water partition coefficient (Wildman–Crippen LogP) is 2.50. The number of furan rings is 1. The Morgan fingerprint density at radius 2 is 1.79 bits per heavy atom. The van der Waals surface area contributed by atoms with Crippen molar-refractivity contribution in [1.29, 1.82) is 0 Å². The van der Waals surface area contributed by atoms with Gasteiger partial charge in [0.05, 0.1) is 25.4 Å². The Labute approximate surface area is 221 Å². The smallest absolute Gasteiger partial charge is 0.332 e. The molecule has 2 heterocycles. The molecule has 10 nitrogen and oxygen atoms in total. The van der Waals surface area contributed by atoms with E-state index in [0.29, 0.717) is 12.3 Å². The molecular formula is C28H33N5O5. The molecule has 4 amide bonds. The molecule has 1 aromatic heterocycles. The lowest BCUT2D eigenvalue weighted by Gasteiger charge is -2.40. The third kappa shape index (κ3) is 6.92. The highest BCUT2D eigenvalue weighted by atomic mass is 16.3. The van der Waals surface area contributed by atoms with Crippen LogP contribution in [0.4, 0.5) is 4.79 Å². The van der Waals surface area contributed by atoms with Gasteiger partial charge in [0.25, 0.3) is 0 Å². The van der Waals surface area contributed by atoms with Crippen molar-refractivity contribution in [2.24, 2.45) is 0 Å². The summed E-state index contributed by atoms with van der Waals surface area (Å²) in [6.07, 6.45) is 1.79. The number of carbonyl (C=O) groups is 3. The number of nitrogens with zero attached hydrogens (tertiary/aromatic N) is 3. The lowest BCUT2D eigenvalue weighted by molar-refractivity contribution is -0.142. The molecule has 2 atom stereocenters. The van der Waals surface area contributed by atoms with Gasteiger partial charge in [-0.25, -0.2) is 9.80 Å². The molecule has 1 aliphatic heterocycles. The summed E-state index contributed by atoms with van der Waals surface area (Å²) < 4.78 is 5.51. The second-order valence-corrected chi connectivity index (χ2v) is 9.44. The number of carbonyl (C=O) groups excluding carboxylic acids is 3. The fourth-order valence-electron chi connectivity index (χ4n) is 4.58. The van der Waals surface area contributed by atoms with E-state index < -0.39 is 18.0 Å². The summed E-state index contributed by atoms with van der Waals surface area (Å²) in [5.41, 5.74) is 1.74. The lowest BCUT2D eigenvalue weighted by atomic mass is 10.0. The minimum Gasteiger partial charge on any atom is -0.508 e. The van der Waals surface area contributed by atoms with Crippen molar-refractivity contribution in [2.45, 2.75) is 38.5 Å².